The Morgan fingerprint density at radius 1 is 1.56 bits per heavy atom. The fourth-order valence-corrected chi connectivity index (χ4v) is 2.82. The molecule has 2 N–H and O–H groups in total. The predicted molar refractivity (Wildman–Crippen MR) is 40.0 cm³/mol. The van der Waals surface area contributed by atoms with Crippen LogP contribution in [-0.4, -0.2) is 19.2 Å². The molecule has 0 saturated carbocycles. The molecule has 0 aliphatic carbocycles. The fourth-order valence-electron chi connectivity index (χ4n) is 0.531. The molecule has 1 aliphatic rings. The van der Waals surface area contributed by atoms with Crippen molar-refractivity contribution in [1.29, 1.82) is 0 Å². The Kier molecular flexibility index (Phi) is 1.74. The zero-order valence-electron chi connectivity index (χ0n) is 4.34. The van der Waals surface area contributed by atoms with Crippen LogP contribution in [0.4, 0.5) is 0 Å². The van der Waals surface area contributed by atoms with Crippen molar-refractivity contribution < 1.29 is 9.11 Å². The smallest absolute Gasteiger partial charge is 0.162 e. The van der Waals surface area contributed by atoms with E-state index in [0.29, 0.717) is 0 Å². The van der Waals surface area contributed by atoms with E-state index in [4.69, 9.17) is 32.3 Å². The summed E-state index contributed by atoms with van der Waals surface area (Å²) >= 11 is 11.0. The largest absolute Gasteiger partial charge is 0.295 e. The molecule has 0 amide bonds. The third-order valence-corrected chi connectivity index (χ3v) is 3.01. The van der Waals surface area contributed by atoms with Gasteiger partial charge in [0.05, 0.1) is 5.75 Å². The minimum absolute atomic E-state index is 0.0386. The van der Waals surface area contributed by atoms with Crippen molar-refractivity contribution in [2.24, 2.45) is 0 Å². The molecule has 0 aromatic rings. The van der Waals surface area contributed by atoms with Gasteiger partial charge in [-0.15, -0.1) is 0 Å². The first-order valence-electron chi connectivity index (χ1n) is 2.16. The molecule has 0 spiro atoms. The molecule has 0 atom stereocenters. The van der Waals surface area contributed by atoms with Crippen molar-refractivity contribution in [3.8, 4) is 0 Å². The highest BCUT2D eigenvalue weighted by molar-refractivity contribution is 8.27. The molecule has 1 rings (SSSR count). The highest BCUT2D eigenvalue weighted by Gasteiger charge is 2.34. The monoisotopic (exact) mass is 187 g/mol. The van der Waals surface area contributed by atoms with Crippen molar-refractivity contribution in [3.63, 3.8) is 0 Å². The Hall–Kier alpha value is 0.590. The summed E-state index contributed by atoms with van der Waals surface area (Å²) < 4.78 is 16.6. The van der Waals surface area contributed by atoms with E-state index in [0.717, 1.165) is 5.41 Å². The van der Waals surface area contributed by atoms with Gasteiger partial charge in [-0.2, -0.15) is 10.6 Å². The predicted octanol–water partition coefficient (Wildman–Crippen LogP) is 2.24. The third-order valence-electron chi connectivity index (χ3n) is 0.853. The van der Waals surface area contributed by atoms with E-state index in [2.05, 4.69) is 6.08 Å². The zero-order chi connectivity index (χ0) is 7.12. The molecule has 0 aromatic heterocycles. The van der Waals surface area contributed by atoms with Gasteiger partial charge in [-0.1, -0.05) is 23.2 Å². The maximum atomic E-state index is 8.88. The van der Waals surface area contributed by atoms with Gasteiger partial charge in [0, 0.05) is 11.5 Å². The SMILES string of the molecule is OS1(O)C=[C]C(Cl)(Cl)C1. The molecule has 5 heteroatoms. The van der Waals surface area contributed by atoms with Gasteiger partial charge in [0.2, 0.25) is 0 Å². The summed E-state index contributed by atoms with van der Waals surface area (Å²) in [7, 11) is -2.65. The Balaban J connectivity index is 2.71. The molecule has 1 aliphatic heterocycles. The number of hydrogen-bond donors (Lipinski definition) is 2. The first kappa shape index (κ1) is 7.69. The zero-order valence-corrected chi connectivity index (χ0v) is 6.67. The lowest BCUT2D eigenvalue weighted by Gasteiger charge is -2.25. The lowest BCUT2D eigenvalue weighted by molar-refractivity contribution is 0.501. The normalized spacial score (nSPS) is 32.4. The first-order valence-corrected chi connectivity index (χ1v) is 4.69. The van der Waals surface area contributed by atoms with Crippen LogP contribution in [0.2, 0.25) is 0 Å². The van der Waals surface area contributed by atoms with Gasteiger partial charge >= 0.3 is 0 Å². The molecule has 9 heavy (non-hydrogen) atoms. The summed E-state index contributed by atoms with van der Waals surface area (Å²) in [6, 6.07) is 0. The van der Waals surface area contributed by atoms with E-state index in [-0.39, 0.29) is 5.75 Å². The van der Waals surface area contributed by atoms with Crippen molar-refractivity contribution in [2.45, 2.75) is 4.33 Å². The van der Waals surface area contributed by atoms with E-state index >= 15 is 0 Å². The van der Waals surface area contributed by atoms with Gasteiger partial charge in [0.1, 0.15) is 0 Å². The molecular weight excluding hydrogens is 183 g/mol. The molecule has 0 aromatic carbocycles. The second-order valence-corrected chi connectivity index (χ2v) is 5.27. The van der Waals surface area contributed by atoms with Crippen LogP contribution in [0.25, 0.3) is 0 Å². The van der Waals surface area contributed by atoms with Crippen LogP contribution in [0.3, 0.4) is 0 Å². The van der Waals surface area contributed by atoms with E-state index in [1.54, 1.807) is 0 Å². The summed E-state index contributed by atoms with van der Waals surface area (Å²) in [4.78, 5) is 0. The maximum Gasteiger partial charge on any atom is 0.162 e. The summed E-state index contributed by atoms with van der Waals surface area (Å²) in [6.07, 6.45) is 2.43. The molecule has 0 unspecified atom stereocenters. The average Bonchev–Trinajstić information content (AvgIpc) is 1.78. The summed E-state index contributed by atoms with van der Waals surface area (Å²) in [5.41, 5.74) is 0. The quantitative estimate of drug-likeness (QED) is 0.572. The topological polar surface area (TPSA) is 40.5 Å². The van der Waals surface area contributed by atoms with Crippen LogP contribution in [0.1, 0.15) is 0 Å². The molecular formula is C4H5Cl2O2S. The van der Waals surface area contributed by atoms with Gasteiger partial charge in [0.15, 0.2) is 4.33 Å². The summed E-state index contributed by atoms with van der Waals surface area (Å²) in [5, 5.41) is 1.13. The van der Waals surface area contributed by atoms with E-state index in [1.807, 2.05) is 0 Å². The van der Waals surface area contributed by atoms with Crippen LogP contribution < -0.4 is 0 Å². The van der Waals surface area contributed by atoms with E-state index < -0.39 is 14.9 Å². The second kappa shape index (κ2) is 2.04. The number of halogens is 2. The maximum absolute atomic E-state index is 8.88. The minimum Gasteiger partial charge on any atom is -0.295 e. The standard InChI is InChI=1S/C4H5Cl2O2S/c5-4(6)1-2-9(7,8)3-4/h2,7-8H,3H2. The molecule has 2 nitrogen and oxygen atoms in total. The highest BCUT2D eigenvalue weighted by atomic mass is 35.5. The Morgan fingerprint density at radius 2 is 2.11 bits per heavy atom. The molecule has 53 valence electrons. The Bertz CT molecular complexity index is 139. The number of hydrogen-bond acceptors (Lipinski definition) is 2. The van der Waals surface area contributed by atoms with Crippen molar-refractivity contribution in [3.05, 3.63) is 11.5 Å². The Morgan fingerprint density at radius 3 is 2.22 bits per heavy atom. The first-order chi connectivity index (χ1) is 3.91. The number of alkyl halides is 2. The average molecular weight is 188 g/mol. The number of allylic oxidation sites excluding steroid dienone is 1. The van der Waals surface area contributed by atoms with Crippen molar-refractivity contribution in [1.82, 2.24) is 0 Å². The van der Waals surface area contributed by atoms with Crippen molar-refractivity contribution in [2.75, 3.05) is 5.75 Å². The van der Waals surface area contributed by atoms with Gasteiger partial charge in [-0.25, -0.2) is 0 Å². The Labute approximate surface area is 64.8 Å². The van der Waals surface area contributed by atoms with Crippen LogP contribution in [0.5, 0.6) is 0 Å². The lowest BCUT2D eigenvalue weighted by Crippen LogP contribution is -2.13. The molecule has 1 heterocycles. The van der Waals surface area contributed by atoms with Gasteiger partial charge < -0.3 is 0 Å². The van der Waals surface area contributed by atoms with Crippen LogP contribution >= 0.6 is 33.8 Å². The molecule has 1 radical (unpaired) electrons. The summed E-state index contributed by atoms with van der Waals surface area (Å²) in [6.45, 7) is 0. The highest BCUT2D eigenvalue weighted by Crippen LogP contribution is 2.52. The lowest BCUT2D eigenvalue weighted by atomic mass is 10.5. The van der Waals surface area contributed by atoms with Gasteiger partial charge in [0.25, 0.3) is 0 Å². The van der Waals surface area contributed by atoms with Crippen LogP contribution in [0, 0.1) is 6.08 Å². The van der Waals surface area contributed by atoms with Gasteiger partial charge in [-0.05, 0) is 0 Å². The summed E-state index contributed by atoms with van der Waals surface area (Å²) in [5.74, 6) is -0.0386. The molecule has 0 fully saturated rings. The van der Waals surface area contributed by atoms with Crippen molar-refractivity contribution >= 4 is 33.8 Å². The number of rotatable bonds is 0. The van der Waals surface area contributed by atoms with Crippen LogP contribution in [-0.2, 0) is 0 Å². The van der Waals surface area contributed by atoms with Crippen LogP contribution in [0.15, 0.2) is 5.41 Å². The van der Waals surface area contributed by atoms with E-state index in [9.17, 15) is 0 Å². The van der Waals surface area contributed by atoms with Gasteiger partial charge in [-0.3, -0.25) is 9.11 Å². The molecule has 0 bridgehead atoms. The van der Waals surface area contributed by atoms with E-state index in [1.165, 1.54) is 0 Å². The fraction of sp³-hybridized carbons (Fsp3) is 0.500. The second-order valence-electron chi connectivity index (χ2n) is 1.83. The minimum atomic E-state index is -2.65. The third kappa shape index (κ3) is 2.02. The molecule has 0 saturated heterocycles.